The van der Waals surface area contributed by atoms with Crippen molar-refractivity contribution >= 4 is 28.6 Å². The molecule has 5 heterocycles. The van der Waals surface area contributed by atoms with E-state index in [1.165, 1.54) is 37.3 Å². The summed E-state index contributed by atoms with van der Waals surface area (Å²) in [6, 6.07) is 5.95. The first-order valence-electron chi connectivity index (χ1n) is 7.61. The Bertz CT molecular complexity index is 645. The molecule has 2 aromatic heterocycles. The van der Waals surface area contributed by atoms with E-state index in [-0.39, 0.29) is 5.91 Å². The van der Waals surface area contributed by atoms with Crippen LogP contribution in [-0.4, -0.2) is 36.5 Å². The van der Waals surface area contributed by atoms with Crippen LogP contribution in [0.3, 0.4) is 0 Å². The number of amides is 1. The van der Waals surface area contributed by atoms with Gasteiger partial charge in [-0.25, -0.2) is 0 Å². The number of hydrogen-bond donors (Lipinski definition) is 1. The molecule has 3 fully saturated rings. The maximum absolute atomic E-state index is 12.4. The number of nitrogens with one attached hydrogen (secondary N) is 1. The van der Waals surface area contributed by atoms with Crippen molar-refractivity contribution in [3.05, 3.63) is 33.8 Å². The third kappa shape index (κ3) is 2.91. The van der Waals surface area contributed by atoms with Gasteiger partial charge in [-0.15, -0.1) is 11.3 Å². The van der Waals surface area contributed by atoms with Crippen molar-refractivity contribution in [1.29, 1.82) is 0 Å². The standard InChI is InChI=1S/C16H18N2O2S2/c19-16(17-13-9-18-6-3-11(13)4-7-18)14-1-2-15(22-14)20-12-5-8-21-10-12/h1-2,5,8,10-11,13H,3-4,6-7,9H2,(H,17,19). The number of carbonyl (C=O) groups is 1. The molecule has 0 radical (unpaired) electrons. The molecule has 1 amide bonds. The van der Waals surface area contributed by atoms with Crippen molar-refractivity contribution < 1.29 is 9.53 Å². The molecule has 0 spiro atoms. The van der Waals surface area contributed by atoms with E-state index in [0.29, 0.717) is 12.0 Å². The molecule has 3 aliphatic heterocycles. The van der Waals surface area contributed by atoms with E-state index in [2.05, 4.69) is 10.2 Å². The lowest BCUT2D eigenvalue weighted by Gasteiger charge is -2.44. The third-order valence-corrected chi connectivity index (χ3v) is 6.11. The van der Waals surface area contributed by atoms with Crippen molar-refractivity contribution in [3.63, 3.8) is 0 Å². The second-order valence-corrected chi connectivity index (χ2v) is 7.72. The molecule has 0 aliphatic carbocycles. The van der Waals surface area contributed by atoms with Crippen molar-refractivity contribution in [2.45, 2.75) is 18.9 Å². The van der Waals surface area contributed by atoms with Crippen LogP contribution in [0, 0.1) is 5.92 Å². The smallest absolute Gasteiger partial charge is 0.261 e. The maximum atomic E-state index is 12.4. The van der Waals surface area contributed by atoms with E-state index in [1.54, 1.807) is 11.3 Å². The van der Waals surface area contributed by atoms with Crippen molar-refractivity contribution in [2.24, 2.45) is 5.92 Å². The van der Waals surface area contributed by atoms with Crippen LogP contribution in [-0.2, 0) is 0 Å². The average Bonchev–Trinajstić information content (AvgIpc) is 3.21. The van der Waals surface area contributed by atoms with Crippen LogP contribution in [0.15, 0.2) is 29.0 Å². The van der Waals surface area contributed by atoms with Crippen LogP contribution in [0.25, 0.3) is 0 Å². The minimum absolute atomic E-state index is 0.0314. The minimum Gasteiger partial charge on any atom is -0.446 e. The predicted octanol–water partition coefficient (Wildman–Crippen LogP) is 3.43. The van der Waals surface area contributed by atoms with E-state index in [9.17, 15) is 4.79 Å². The zero-order valence-corrected chi connectivity index (χ0v) is 13.8. The van der Waals surface area contributed by atoms with Gasteiger partial charge in [-0.1, -0.05) is 11.3 Å². The Morgan fingerprint density at radius 2 is 2.14 bits per heavy atom. The molecule has 1 unspecified atom stereocenters. The number of nitrogens with zero attached hydrogens (tertiary/aromatic N) is 1. The molecule has 2 bridgehead atoms. The summed E-state index contributed by atoms with van der Waals surface area (Å²) in [7, 11) is 0. The van der Waals surface area contributed by atoms with Crippen molar-refractivity contribution in [1.82, 2.24) is 10.2 Å². The second kappa shape index (κ2) is 6.02. The van der Waals surface area contributed by atoms with Crippen LogP contribution in [0.4, 0.5) is 0 Å². The van der Waals surface area contributed by atoms with E-state index >= 15 is 0 Å². The van der Waals surface area contributed by atoms with Gasteiger partial charge in [0.25, 0.3) is 5.91 Å². The van der Waals surface area contributed by atoms with E-state index in [1.807, 2.05) is 29.0 Å². The highest BCUT2D eigenvalue weighted by Crippen LogP contribution is 2.31. The van der Waals surface area contributed by atoms with E-state index < -0.39 is 0 Å². The molecular formula is C16H18N2O2S2. The fourth-order valence-electron chi connectivity index (χ4n) is 3.29. The maximum Gasteiger partial charge on any atom is 0.261 e. The molecule has 1 N–H and O–H groups in total. The first-order valence-corrected chi connectivity index (χ1v) is 9.37. The van der Waals surface area contributed by atoms with E-state index in [4.69, 9.17) is 4.74 Å². The Kier molecular flexibility index (Phi) is 3.90. The van der Waals surface area contributed by atoms with Gasteiger partial charge in [-0.3, -0.25) is 4.79 Å². The molecule has 6 heteroatoms. The first kappa shape index (κ1) is 14.2. The number of piperidine rings is 3. The van der Waals surface area contributed by atoms with Crippen molar-refractivity contribution in [3.8, 4) is 10.8 Å². The zero-order valence-electron chi connectivity index (χ0n) is 12.2. The fourth-order valence-corrected chi connectivity index (χ4v) is 4.62. The van der Waals surface area contributed by atoms with Crippen LogP contribution in [0.2, 0.25) is 0 Å². The average molecular weight is 334 g/mol. The lowest BCUT2D eigenvalue weighted by atomic mass is 9.84. The second-order valence-electron chi connectivity index (χ2n) is 5.90. The highest BCUT2D eigenvalue weighted by Gasteiger charge is 2.35. The van der Waals surface area contributed by atoms with Gasteiger partial charge in [0.05, 0.1) is 4.88 Å². The lowest BCUT2D eigenvalue weighted by Crippen LogP contribution is -2.57. The van der Waals surface area contributed by atoms with Gasteiger partial charge in [0.1, 0.15) is 5.75 Å². The molecule has 5 rings (SSSR count). The largest absolute Gasteiger partial charge is 0.446 e. The lowest BCUT2D eigenvalue weighted by molar-refractivity contribution is 0.0622. The summed E-state index contributed by atoms with van der Waals surface area (Å²) < 4.78 is 5.73. The van der Waals surface area contributed by atoms with Crippen LogP contribution in [0.1, 0.15) is 22.5 Å². The van der Waals surface area contributed by atoms with Gasteiger partial charge in [-0.05, 0) is 55.4 Å². The predicted molar refractivity (Wildman–Crippen MR) is 89.1 cm³/mol. The molecule has 1 atom stereocenters. The molecule has 2 aromatic rings. The summed E-state index contributed by atoms with van der Waals surface area (Å²) in [6.45, 7) is 3.38. The molecule has 116 valence electrons. The minimum atomic E-state index is 0.0314. The summed E-state index contributed by atoms with van der Waals surface area (Å²) in [5, 5.41) is 7.90. The topological polar surface area (TPSA) is 41.6 Å². The fraction of sp³-hybridized carbons (Fsp3) is 0.438. The molecule has 22 heavy (non-hydrogen) atoms. The molecule has 4 nitrogen and oxygen atoms in total. The highest BCUT2D eigenvalue weighted by molar-refractivity contribution is 7.15. The number of carbonyl (C=O) groups excluding carboxylic acids is 1. The zero-order chi connectivity index (χ0) is 14.9. The van der Waals surface area contributed by atoms with Gasteiger partial charge in [-0.2, -0.15) is 0 Å². The van der Waals surface area contributed by atoms with Crippen LogP contribution < -0.4 is 10.1 Å². The number of rotatable bonds is 4. The summed E-state index contributed by atoms with van der Waals surface area (Å²) in [4.78, 5) is 15.6. The number of hydrogen-bond acceptors (Lipinski definition) is 5. The number of fused-ring (bicyclic) bond motifs is 3. The van der Waals surface area contributed by atoms with Gasteiger partial charge in [0.2, 0.25) is 0 Å². The van der Waals surface area contributed by atoms with E-state index in [0.717, 1.165) is 22.2 Å². The third-order valence-electron chi connectivity index (χ3n) is 4.49. The Hall–Kier alpha value is -1.37. The van der Waals surface area contributed by atoms with Gasteiger partial charge in [0.15, 0.2) is 5.06 Å². The van der Waals surface area contributed by atoms with Gasteiger partial charge in [0, 0.05) is 18.0 Å². The summed E-state index contributed by atoms with van der Waals surface area (Å²) in [6.07, 6.45) is 2.42. The van der Waals surface area contributed by atoms with Crippen LogP contribution in [0.5, 0.6) is 10.8 Å². The monoisotopic (exact) mass is 334 g/mol. The summed E-state index contributed by atoms with van der Waals surface area (Å²) in [5.74, 6) is 1.51. The highest BCUT2D eigenvalue weighted by atomic mass is 32.1. The Labute approximate surface area is 137 Å². The van der Waals surface area contributed by atoms with Gasteiger partial charge >= 0.3 is 0 Å². The summed E-state index contributed by atoms with van der Waals surface area (Å²) in [5.41, 5.74) is 0. The normalized spacial score (nSPS) is 26.8. The van der Waals surface area contributed by atoms with Gasteiger partial charge < -0.3 is 15.0 Å². The van der Waals surface area contributed by atoms with Crippen LogP contribution >= 0.6 is 22.7 Å². The van der Waals surface area contributed by atoms with Crippen molar-refractivity contribution in [2.75, 3.05) is 19.6 Å². The first-order chi connectivity index (χ1) is 10.8. The SMILES string of the molecule is O=C(NC1CN2CCC1CC2)c1ccc(Oc2ccsc2)s1. The number of ether oxygens (including phenoxy) is 1. The quantitative estimate of drug-likeness (QED) is 0.931. The molecule has 0 aromatic carbocycles. The Morgan fingerprint density at radius 1 is 1.27 bits per heavy atom. The molecular weight excluding hydrogens is 316 g/mol. The summed E-state index contributed by atoms with van der Waals surface area (Å²) >= 11 is 3.00. The molecule has 3 saturated heterocycles. The Morgan fingerprint density at radius 3 is 2.82 bits per heavy atom. The molecule has 0 saturated carbocycles. The Balaban J connectivity index is 1.39. The molecule has 3 aliphatic rings. The number of thiophene rings is 2.